The van der Waals surface area contributed by atoms with Crippen LogP contribution < -0.4 is 16.4 Å². The van der Waals surface area contributed by atoms with E-state index in [1.807, 2.05) is 6.07 Å². The molecule has 1 aliphatic heterocycles. The highest BCUT2D eigenvalue weighted by Gasteiger charge is 2.24. The fourth-order valence-electron chi connectivity index (χ4n) is 4.52. The van der Waals surface area contributed by atoms with E-state index in [2.05, 4.69) is 51.1 Å². The van der Waals surface area contributed by atoms with E-state index in [1.165, 1.54) is 11.3 Å². The van der Waals surface area contributed by atoms with Crippen molar-refractivity contribution < 1.29 is 5.11 Å². The van der Waals surface area contributed by atoms with Crippen molar-refractivity contribution in [2.24, 2.45) is 4.99 Å². The van der Waals surface area contributed by atoms with Crippen LogP contribution in [0.25, 0.3) is 22.3 Å². The molecule has 4 aromatic rings. The molecule has 0 radical (unpaired) electrons. The Hall–Kier alpha value is -3.28. The number of fused-ring (bicyclic) bond motifs is 1. The summed E-state index contributed by atoms with van der Waals surface area (Å²) in [5.41, 5.74) is 2.07. The zero-order valence-corrected chi connectivity index (χ0v) is 20.5. The number of aromatic amines is 2. The lowest BCUT2D eigenvalue weighted by Gasteiger charge is -2.19. The van der Waals surface area contributed by atoms with Gasteiger partial charge in [-0.25, -0.2) is 9.78 Å². The normalized spacial score (nSPS) is 20.1. The molecule has 1 aliphatic carbocycles. The summed E-state index contributed by atoms with van der Waals surface area (Å²) < 4.78 is 1.73. The molecule has 5 heterocycles. The summed E-state index contributed by atoms with van der Waals surface area (Å²) in [4.78, 5) is 33.5. The molecular weight excluding hydrogens is 464 g/mol. The van der Waals surface area contributed by atoms with Gasteiger partial charge in [-0.15, -0.1) is 11.3 Å². The molecule has 182 valence electrons. The molecule has 11 heteroatoms. The van der Waals surface area contributed by atoms with Crippen LogP contribution in [0.2, 0.25) is 0 Å². The van der Waals surface area contributed by atoms with E-state index in [-0.39, 0.29) is 11.6 Å². The third kappa shape index (κ3) is 4.54. The molecule has 2 fully saturated rings. The van der Waals surface area contributed by atoms with Gasteiger partial charge >= 0.3 is 5.69 Å². The average molecular weight is 493 g/mol. The minimum Gasteiger partial charge on any atom is -0.493 e. The lowest BCUT2D eigenvalue weighted by atomic mass is 10.2. The monoisotopic (exact) mass is 492 g/mol. The number of H-pyrrole nitrogens is 2. The van der Waals surface area contributed by atoms with Crippen LogP contribution in [0.5, 0.6) is 5.88 Å². The number of hydrogen-bond acceptors (Lipinski definition) is 8. The number of aromatic hydroxyl groups is 1. The quantitative estimate of drug-likeness (QED) is 0.369. The number of nitrogens with zero attached hydrogens (tertiary/aromatic N) is 6. The first kappa shape index (κ1) is 22.2. The zero-order valence-electron chi connectivity index (χ0n) is 19.7. The van der Waals surface area contributed by atoms with Gasteiger partial charge in [0.2, 0.25) is 5.88 Å². The first-order valence-electron chi connectivity index (χ1n) is 11.9. The Bertz CT molecular complexity index is 1560. The van der Waals surface area contributed by atoms with Crippen LogP contribution >= 0.6 is 11.3 Å². The summed E-state index contributed by atoms with van der Waals surface area (Å²) in [6.45, 7) is 3.16. The number of rotatable bonds is 6. The Morgan fingerprint density at radius 3 is 2.86 bits per heavy atom. The summed E-state index contributed by atoms with van der Waals surface area (Å²) in [6, 6.07) is 7.28. The summed E-state index contributed by atoms with van der Waals surface area (Å²) >= 11 is 1.76. The second-order valence-corrected chi connectivity index (χ2v) is 10.8. The molecule has 0 spiro atoms. The number of imidazole rings is 1. The molecule has 6 rings (SSSR count). The molecule has 3 N–H and O–H groups in total. The fraction of sp³-hybridized carbons (Fsp3) is 0.417. The molecule has 0 aromatic carbocycles. The van der Waals surface area contributed by atoms with E-state index in [1.54, 1.807) is 28.1 Å². The van der Waals surface area contributed by atoms with Gasteiger partial charge in [-0.2, -0.15) is 9.61 Å². The number of nitrogens with one attached hydrogen (secondary N) is 2. The number of likely N-dealkylation sites (N-methyl/N-ethyl adjacent to an activating group) is 1. The van der Waals surface area contributed by atoms with Gasteiger partial charge in [0, 0.05) is 41.8 Å². The minimum absolute atomic E-state index is 0.213. The Morgan fingerprint density at radius 1 is 1.29 bits per heavy atom. The van der Waals surface area contributed by atoms with Gasteiger partial charge in [0.15, 0.2) is 11.1 Å². The van der Waals surface area contributed by atoms with Crippen molar-refractivity contribution in [2.75, 3.05) is 27.2 Å². The van der Waals surface area contributed by atoms with Gasteiger partial charge < -0.3 is 15.0 Å². The highest BCUT2D eigenvalue weighted by molar-refractivity contribution is 7.15. The van der Waals surface area contributed by atoms with E-state index in [0.717, 1.165) is 48.5 Å². The second kappa shape index (κ2) is 8.74. The van der Waals surface area contributed by atoms with Crippen molar-refractivity contribution in [3.05, 3.63) is 56.2 Å². The molecule has 0 amide bonds. The first-order valence-corrected chi connectivity index (χ1v) is 12.7. The number of thiophene rings is 1. The van der Waals surface area contributed by atoms with Crippen LogP contribution in [0.3, 0.4) is 0 Å². The van der Waals surface area contributed by atoms with Crippen LogP contribution in [0.1, 0.15) is 29.8 Å². The highest BCUT2D eigenvalue weighted by Crippen LogP contribution is 2.28. The Kier molecular flexibility index (Phi) is 5.54. The minimum atomic E-state index is -0.468. The third-order valence-electron chi connectivity index (χ3n) is 6.65. The van der Waals surface area contributed by atoms with Gasteiger partial charge in [-0.1, -0.05) is 0 Å². The third-order valence-corrected chi connectivity index (χ3v) is 7.74. The molecule has 1 unspecified atom stereocenters. The lowest BCUT2D eigenvalue weighted by molar-refractivity contribution is 0.266. The fourth-order valence-corrected chi connectivity index (χ4v) is 5.53. The maximum atomic E-state index is 11.6. The Labute approximate surface area is 205 Å². The van der Waals surface area contributed by atoms with Gasteiger partial charge in [-0.3, -0.25) is 14.9 Å². The molecule has 35 heavy (non-hydrogen) atoms. The topological polar surface area (TPSA) is 118 Å². The molecule has 0 bridgehead atoms. The van der Waals surface area contributed by atoms with Crippen molar-refractivity contribution in [2.45, 2.75) is 37.9 Å². The second-order valence-electron chi connectivity index (χ2n) is 9.59. The molecule has 2 aliphatic rings. The van der Waals surface area contributed by atoms with Crippen molar-refractivity contribution in [1.29, 1.82) is 0 Å². The lowest BCUT2D eigenvalue weighted by Crippen LogP contribution is -2.31. The van der Waals surface area contributed by atoms with Crippen molar-refractivity contribution >= 4 is 23.1 Å². The van der Waals surface area contributed by atoms with Crippen LogP contribution in [0, 0.1) is 0 Å². The van der Waals surface area contributed by atoms with E-state index < -0.39 is 5.69 Å². The number of hydrogen-bond donors (Lipinski definition) is 3. The van der Waals surface area contributed by atoms with Crippen LogP contribution in [-0.4, -0.2) is 78.7 Å². The van der Waals surface area contributed by atoms with Gasteiger partial charge in [0.25, 0.3) is 0 Å². The predicted octanol–water partition coefficient (Wildman–Crippen LogP) is 0.926. The van der Waals surface area contributed by atoms with E-state index in [0.29, 0.717) is 22.9 Å². The smallest absolute Gasteiger partial charge is 0.326 e. The maximum absolute atomic E-state index is 11.6. The summed E-state index contributed by atoms with van der Waals surface area (Å²) in [5, 5.41) is 15.2. The standard InChI is InChI=1S/C24H28N8O2S/c1-30(2)16-7-8-31(12-16)13-17-5-6-20(35-17)18-10-21(26-15-3-4-15)32-22(27-18)14(11-25-32)9-19-23(33)29-24(34)28-19/h5-6,9-11,15-16,33H,3-4,7-8,12-13H2,1-2H3,(H2,28,29,34)/b14-9+,26-21?. The highest BCUT2D eigenvalue weighted by atomic mass is 32.1. The maximum Gasteiger partial charge on any atom is 0.326 e. The number of likely N-dealkylation sites (tertiary alicyclic amines) is 1. The van der Waals surface area contributed by atoms with Gasteiger partial charge in [0.1, 0.15) is 5.69 Å². The SMILES string of the molecule is CN(C)C1CCN(Cc2ccc(-c3cc(=NC4CC4)n4nc/c(=C\c5[nH]c(=O)[nH]c5O)c4n3)s2)C1. The van der Waals surface area contributed by atoms with E-state index in [9.17, 15) is 9.90 Å². The molecule has 1 saturated heterocycles. The van der Waals surface area contributed by atoms with Crippen LogP contribution in [0.15, 0.2) is 34.2 Å². The molecular formula is C24H28N8O2S. The predicted molar refractivity (Wildman–Crippen MR) is 134 cm³/mol. The largest absolute Gasteiger partial charge is 0.493 e. The van der Waals surface area contributed by atoms with E-state index in [4.69, 9.17) is 9.98 Å². The summed E-state index contributed by atoms with van der Waals surface area (Å²) in [5.74, 6) is -0.213. The average Bonchev–Trinajstić information content (AvgIpc) is 3.18. The van der Waals surface area contributed by atoms with Crippen molar-refractivity contribution in [1.82, 2.24) is 34.4 Å². The molecule has 1 atom stereocenters. The van der Waals surface area contributed by atoms with Crippen molar-refractivity contribution in [3.8, 4) is 16.5 Å². The van der Waals surface area contributed by atoms with Crippen LogP contribution in [0.4, 0.5) is 0 Å². The zero-order chi connectivity index (χ0) is 24.1. The van der Waals surface area contributed by atoms with Gasteiger partial charge in [-0.05, 0) is 51.6 Å². The molecule has 4 aromatic heterocycles. The molecule has 10 nitrogen and oxygen atoms in total. The van der Waals surface area contributed by atoms with Gasteiger partial charge in [0.05, 0.1) is 22.8 Å². The van der Waals surface area contributed by atoms with Crippen LogP contribution in [-0.2, 0) is 6.54 Å². The van der Waals surface area contributed by atoms with E-state index >= 15 is 0 Å². The number of aromatic nitrogens is 5. The Balaban J connectivity index is 1.38. The summed E-state index contributed by atoms with van der Waals surface area (Å²) in [6.07, 6.45) is 6.73. The molecule has 1 saturated carbocycles. The van der Waals surface area contributed by atoms with Crippen molar-refractivity contribution in [3.63, 3.8) is 0 Å². The Morgan fingerprint density at radius 2 is 2.14 bits per heavy atom. The first-order chi connectivity index (χ1) is 16.9. The summed E-state index contributed by atoms with van der Waals surface area (Å²) in [7, 11) is 4.31.